The molecule has 0 amide bonds. The summed E-state index contributed by atoms with van der Waals surface area (Å²) in [5.74, 6) is -1.33. The van der Waals surface area contributed by atoms with E-state index < -0.39 is 21.9 Å². The van der Waals surface area contributed by atoms with Gasteiger partial charge in [0.1, 0.15) is 0 Å². The highest BCUT2D eigenvalue weighted by Gasteiger charge is 2.42. The van der Waals surface area contributed by atoms with Crippen LogP contribution in [0.3, 0.4) is 0 Å². The highest BCUT2D eigenvalue weighted by Crippen LogP contribution is 2.38. The minimum atomic E-state index is -3.77. The fraction of sp³-hybridized carbons (Fsp3) is 0.375. The van der Waals surface area contributed by atoms with Crippen molar-refractivity contribution in [3.63, 3.8) is 0 Å². The van der Waals surface area contributed by atoms with Crippen molar-refractivity contribution in [2.45, 2.75) is 30.8 Å². The van der Waals surface area contributed by atoms with Gasteiger partial charge in [0.25, 0.3) is 10.0 Å². The van der Waals surface area contributed by atoms with Gasteiger partial charge in [0.05, 0.1) is 15.8 Å². The molecule has 1 aromatic heterocycles. The second-order valence-electron chi connectivity index (χ2n) is 5.91. The van der Waals surface area contributed by atoms with Crippen molar-refractivity contribution in [3.05, 3.63) is 35.3 Å². The summed E-state index contributed by atoms with van der Waals surface area (Å²) in [5, 5.41) is 9.70. The van der Waals surface area contributed by atoms with E-state index in [2.05, 4.69) is 4.98 Å². The Morgan fingerprint density at radius 1 is 1.29 bits per heavy atom. The Balaban J connectivity index is 1.92. The van der Waals surface area contributed by atoms with Crippen LogP contribution in [0.1, 0.15) is 17.8 Å². The Morgan fingerprint density at radius 3 is 2.50 bits per heavy atom. The molecule has 1 N–H and O–H groups in total. The zero-order chi connectivity index (χ0) is 17.5. The summed E-state index contributed by atoms with van der Waals surface area (Å²) in [5.41, 5.74) is 0.812. The number of carbonyl (C=O) groups is 1. The fourth-order valence-corrected chi connectivity index (χ4v) is 5.53. The van der Waals surface area contributed by atoms with Crippen LogP contribution < -0.4 is 0 Å². The van der Waals surface area contributed by atoms with E-state index in [9.17, 15) is 13.2 Å². The molecule has 2 aromatic rings. The maximum absolute atomic E-state index is 13.0. The zero-order valence-electron chi connectivity index (χ0n) is 13.3. The van der Waals surface area contributed by atoms with Crippen LogP contribution in [-0.2, 0) is 14.8 Å². The molecule has 1 aliphatic carbocycles. The summed E-state index contributed by atoms with van der Waals surface area (Å²) in [6.45, 7) is 1.78. The van der Waals surface area contributed by atoms with Crippen molar-refractivity contribution in [1.82, 2.24) is 9.29 Å². The van der Waals surface area contributed by atoms with Gasteiger partial charge >= 0.3 is 5.97 Å². The SMILES string of the molecule is Cc1nc(S(=O)(=O)N(C)C2CC(C(=O)O)C2)c(-c2ccccc2)s1. The molecule has 1 aliphatic rings. The van der Waals surface area contributed by atoms with E-state index in [0.717, 1.165) is 5.56 Å². The topological polar surface area (TPSA) is 87.6 Å². The molecule has 0 bridgehead atoms. The first-order valence-electron chi connectivity index (χ1n) is 7.54. The van der Waals surface area contributed by atoms with Crippen LogP contribution in [0.15, 0.2) is 35.4 Å². The molecule has 1 aromatic carbocycles. The summed E-state index contributed by atoms with van der Waals surface area (Å²) in [6.07, 6.45) is 0.684. The molecule has 0 spiro atoms. The third kappa shape index (κ3) is 2.97. The van der Waals surface area contributed by atoms with Crippen LogP contribution in [0.2, 0.25) is 0 Å². The number of thiazole rings is 1. The molecule has 1 heterocycles. The van der Waals surface area contributed by atoms with Gasteiger partial charge in [-0.1, -0.05) is 30.3 Å². The molecule has 24 heavy (non-hydrogen) atoms. The quantitative estimate of drug-likeness (QED) is 0.879. The summed E-state index contributed by atoms with van der Waals surface area (Å²) >= 11 is 1.34. The van der Waals surface area contributed by atoms with Crippen molar-refractivity contribution in [3.8, 4) is 10.4 Å². The Labute approximate surface area is 144 Å². The first kappa shape index (κ1) is 17.1. The summed E-state index contributed by atoms with van der Waals surface area (Å²) in [6, 6.07) is 9.01. The van der Waals surface area contributed by atoms with Crippen LogP contribution in [0, 0.1) is 12.8 Å². The lowest BCUT2D eigenvalue weighted by Gasteiger charge is -2.37. The van der Waals surface area contributed by atoms with Gasteiger partial charge in [-0.05, 0) is 25.3 Å². The number of aliphatic carboxylic acids is 1. The van der Waals surface area contributed by atoms with E-state index >= 15 is 0 Å². The standard InChI is InChI=1S/C16H18N2O4S2/c1-10-17-15(14(23-10)11-6-4-3-5-7-11)24(21,22)18(2)13-8-12(9-13)16(19)20/h3-7,12-13H,8-9H2,1-2H3,(H,19,20). The van der Waals surface area contributed by atoms with Crippen molar-refractivity contribution < 1.29 is 18.3 Å². The van der Waals surface area contributed by atoms with Gasteiger partial charge in [0, 0.05) is 13.1 Å². The van der Waals surface area contributed by atoms with E-state index in [4.69, 9.17) is 5.11 Å². The number of nitrogens with zero attached hydrogens (tertiary/aromatic N) is 2. The predicted octanol–water partition coefficient (Wildman–Crippen LogP) is 2.60. The number of benzene rings is 1. The largest absolute Gasteiger partial charge is 0.481 e. The Morgan fingerprint density at radius 2 is 1.92 bits per heavy atom. The van der Waals surface area contributed by atoms with Gasteiger partial charge in [-0.15, -0.1) is 11.3 Å². The number of hydrogen-bond donors (Lipinski definition) is 1. The molecular formula is C16H18N2O4S2. The third-order valence-corrected chi connectivity index (χ3v) is 7.33. The molecular weight excluding hydrogens is 348 g/mol. The van der Waals surface area contributed by atoms with E-state index in [1.807, 2.05) is 30.3 Å². The molecule has 0 atom stereocenters. The molecule has 128 valence electrons. The van der Waals surface area contributed by atoms with Gasteiger partial charge < -0.3 is 5.11 Å². The lowest BCUT2D eigenvalue weighted by Crippen LogP contribution is -2.47. The number of hydrogen-bond acceptors (Lipinski definition) is 5. The Kier molecular flexibility index (Phi) is 4.46. The monoisotopic (exact) mass is 366 g/mol. The van der Waals surface area contributed by atoms with E-state index in [-0.39, 0.29) is 11.1 Å². The van der Waals surface area contributed by atoms with E-state index in [0.29, 0.717) is 22.7 Å². The predicted molar refractivity (Wildman–Crippen MR) is 91.4 cm³/mol. The number of rotatable bonds is 5. The molecule has 0 saturated heterocycles. The van der Waals surface area contributed by atoms with Gasteiger partial charge in [-0.2, -0.15) is 4.31 Å². The van der Waals surface area contributed by atoms with Crippen molar-refractivity contribution in [1.29, 1.82) is 0 Å². The van der Waals surface area contributed by atoms with Crippen LogP contribution in [0.4, 0.5) is 0 Å². The first-order valence-corrected chi connectivity index (χ1v) is 9.80. The minimum absolute atomic E-state index is 0.0532. The van der Waals surface area contributed by atoms with Gasteiger partial charge in [0.15, 0.2) is 5.03 Å². The van der Waals surface area contributed by atoms with Crippen molar-refractivity contribution in [2.24, 2.45) is 5.92 Å². The summed E-state index contributed by atoms with van der Waals surface area (Å²) in [4.78, 5) is 15.8. The molecule has 0 aliphatic heterocycles. The maximum Gasteiger partial charge on any atom is 0.306 e. The molecule has 0 unspecified atom stereocenters. The summed E-state index contributed by atoms with van der Waals surface area (Å²) in [7, 11) is -2.26. The molecule has 1 saturated carbocycles. The molecule has 1 fully saturated rings. The van der Waals surface area contributed by atoms with Crippen LogP contribution >= 0.6 is 11.3 Å². The summed E-state index contributed by atoms with van der Waals surface area (Å²) < 4.78 is 27.2. The average molecular weight is 366 g/mol. The van der Waals surface area contributed by atoms with Crippen LogP contribution in [0.5, 0.6) is 0 Å². The average Bonchev–Trinajstić information content (AvgIpc) is 2.89. The third-order valence-electron chi connectivity index (χ3n) is 4.34. The van der Waals surface area contributed by atoms with Gasteiger partial charge in [0.2, 0.25) is 0 Å². The lowest BCUT2D eigenvalue weighted by molar-refractivity contribution is -0.146. The number of aromatic nitrogens is 1. The highest BCUT2D eigenvalue weighted by atomic mass is 32.2. The van der Waals surface area contributed by atoms with Gasteiger partial charge in [-0.3, -0.25) is 4.79 Å². The molecule has 0 radical (unpaired) electrons. The van der Waals surface area contributed by atoms with Crippen LogP contribution in [0.25, 0.3) is 10.4 Å². The normalized spacial score (nSPS) is 20.8. The van der Waals surface area contributed by atoms with E-state index in [1.165, 1.54) is 22.7 Å². The zero-order valence-corrected chi connectivity index (χ0v) is 15.0. The number of carboxylic acid groups (broad SMARTS) is 1. The second kappa shape index (κ2) is 6.27. The highest BCUT2D eigenvalue weighted by molar-refractivity contribution is 7.89. The van der Waals surface area contributed by atoms with Crippen LogP contribution in [-0.4, -0.2) is 41.9 Å². The lowest BCUT2D eigenvalue weighted by atomic mass is 9.80. The second-order valence-corrected chi connectivity index (χ2v) is 9.03. The first-order chi connectivity index (χ1) is 11.3. The molecule has 3 rings (SSSR count). The molecule has 6 nitrogen and oxygen atoms in total. The van der Waals surface area contributed by atoms with Crippen molar-refractivity contribution >= 4 is 27.3 Å². The maximum atomic E-state index is 13.0. The Bertz CT molecular complexity index is 855. The van der Waals surface area contributed by atoms with Crippen molar-refractivity contribution in [2.75, 3.05) is 7.05 Å². The van der Waals surface area contributed by atoms with E-state index in [1.54, 1.807) is 6.92 Å². The number of aryl methyl sites for hydroxylation is 1. The van der Waals surface area contributed by atoms with Gasteiger partial charge in [-0.25, -0.2) is 13.4 Å². The Hall–Kier alpha value is -1.77. The minimum Gasteiger partial charge on any atom is -0.481 e. The number of carboxylic acids is 1. The number of sulfonamides is 1. The fourth-order valence-electron chi connectivity index (χ4n) is 2.77. The smallest absolute Gasteiger partial charge is 0.306 e. The molecule has 8 heteroatoms.